The molecule has 1 saturated heterocycles. The molecule has 1 N–H and O–H groups in total. The SMILES string of the molecule is CC(C)n1ncc2cc(S(=O)(=O)N3C[C@@H](C)[C@H](C(=O)O)C3)ccc21. The molecule has 1 aliphatic rings. The lowest BCUT2D eigenvalue weighted by Gasteiger charge is -2.16. The van der Waals surface area contributed by atoms with Crippen LogP contribution < -0.4 is 0 Å². The number of carboxylic acids is 1. The molecule has 0 aliphatic carbocycles. The maximum absolute atomic E-state index is 12.8. The number of hydrogen-bond acceptors (Lipinski definition) is 4. The lowest BCUT2D eigenvalue weighted by atomic mass is 9.99. The molecule has 0 unspecified atom stereocenters. The first-order valence-electron chi connectivity index (χ1n) is 7.92. The summed E-state index contributed by atoms with van der Waals surface area (Å²) in [6.45, 7) is 6.03. The standard InChI is InChI=1S/C16H21N3O4S/c1-10(2)19-15-5-4-13(6-12(15)7-17-19)24(22,23)18-8-11(3)14(9-18)16(20)21/h4-7,10-11,14H,8-9H2,1-3H3,(H,20,21)/t11-,14-/m1/s1. The largest absolute Gasteiger partial charge is 0.481 e. The van der Waals surface area contributed by atoms with E-state index in [1.165, 1.54) is 4.31 Å². The fourth-order valence-corrected chi connectivity index (χ4v) is 4.79. The van der Waals surface area contributed by atoms with Gasteiger partial charge in [0.2, 0.25) is 10.0 Å². The van der Waals surface area contributed by atoms with Crippen molar-refractivity contribution in [1.82, 2.24) is 14.1 Å². The van der Waals surface area contributed by atoms with Gasteiger partial charge in [-0.05, 0) is 38.0 Å². The van der Waals surface area contributed by atoms with Crippen molar-refractivity contribution in [3.63, 3.8) is 0 Å². The van der Waals surface area contributed by atoms with E-state index in [1.807, 2.05) is 18.5 Å². The molecule has 2 heterocycles. The molecule has 1 fully saturated rings. The van der Waals surface area contributed by atoms with Gasteiger partial charge in [-0.3, -0.25) is 9.48 Å². The van der Waals surface area contributed by atoms with Gasteiger partial charge < -0.3 is 5.11 Å². The van der Waals surface area contributed by atoms with E-state index in [2.05, 4.69) is 5.10 Å². The second-order valence-electron chi connectivity index (χ2n) is 6.65. The molecule has 0 amide bonds. The van der Waals surface area contributed by atoms with Crippen LogP contribution in [0.3, 0.4) is 0 Å². The van der Waals surface area contributed by atoms with Crippen LogP contribution in [0.15, 0.2) is 29.3 Å². The van der Waals surface area contributed by atoms with Crippen molar-refractivity contribution in [2.24, 2.45) is 11.8 Å². The predicted molar refractivity (Wildman–Crippen MR) is 89.2 cm³/mol. The van der Waals surface area contributed by atoms with E-state index in [0.29, 0.717) is 0 Å². The molecule has 24 heavy (non-hydrogen) atoms. The third-order valence-corrected chi connectivity index (χ3v) is 6.42. The van der Waals surface area contributed by atoms with Gasteiger partial charge in [0.05, 0.1) is 22.5 Å². The molecule has 0 radical (unpaired) electrons. The van der Waals surface area contributed by atoms with Crippen LogP contribution in [0, 0.1) is 11.8 Å². The maximum Gasteiger partial charge on any atom is 0.308 e. The summed E-state index contributed by atoms with van der Waals surface area (Å²) in [6.07, 6.45) is 1.65. The summed E-state index contributed by atoms with van der Waals surface area (Å²) < 4.78 is 28.8. The number of carboxylic acid groups (broad SMARTS) is 1. The Hall–Kier alpha value is -1.93. The first-order chi connectivity index (χ1) is 11.2. The second kappa shape index (κ2) is 5.86. The quantitative estimate of drug-likeness (QED) is 0.909. The minimum Gasteiger partial charge on any atom is -0.481 e. The van der Waals surface area contributed by atoms with Gasteiger partial charge in [0.15, 0.2) is 0 Å². The number of rotatable bonds is 4. The van der Waals surface area contributed by atoms with Crippen molar-refractivity contribution >= 4 is 26.9 Å². The summed E-state index contributed by atoms with van der Waals surface area (Å²) in [7, 11) is -3.71. The van der Waals surface area contributed by atoms with E-state index in [4.69, 9.17) is 0 Å². The number of fused-ring (bicyclic) bond motifs is 1. The first-order valence-corrected chi connectivity index (χ1v) is 9.36. The van der Waals surface area contributed by atoms with Crippen LogP contribution in [0.2, 0.25) is 0 Å². The van der Waals surface area contributed by atoms with Crippen LogP contribution in [-0.4, -0.2) is 46.7 Å². The van der Waals surface area contributed by atoms with Gasteiger partial charge in [-0.15, -0.1) is 0 Å². The first kappa shape index (κ1) is 16.9. The molecule has 2 atom stereocenters. The van der Waals surface area contributed by atoms with Gasteiger partial charge >= 0.3 is 5.97 Å². The van der Waals surface area contributed by atoms with Crippen LogP contribution in [0.1, 0.15) is 26.8 Å². The molecular formula is C16H21N3O4S. The minimum absolute atomic E-state index is 0.0160. The molecule has 7 nitrogen and oxygen atoms in total. The Balaban J connectivity index is 1.96. The highest BCUT2D eigenvalue weighted by Crippen LogP contribution is 2.30. The third-order valence-electron chi connectivity index (χ3n) is 4.59. The van der Waals surface area contributed by atoms with Gasteiger partial charge in [0.1, 0.15) is 0 Å². The van der Waals surface area contributed by atoms with Gasteiger partial charge in [-0.25, -0.2) is 8.42 Å². The maximum atomic E-state index is 12.8. The van der Waals surface area contributed by atoms with E-state index in [1.54, 1.807) is 31.3 Å². The summed E-state index contributed by atoms with van der Waals surface area (Å²) in [5.41, 5.74) is 0.877. The molecule has 1 aliphatic heterocycles. The summed E-state index contributed by atoms with van der Waals surface area (Å²) in [4.78, 5) is 11.4. The van der Waals surface area contributed by atoms with Gasteiger partial charge in [0, 0.05) is 24.5 Å². The van der Waals surface area contributed by atoms with Gasteiger partial charge in [0.25, 0.3) is 0 Å². The molecule has 0 spiro atoms. The predicted octanol–water partition coefficient (Wildman–Crippen LogP) is 1.96. The zero-order valence-corrected chi connectivity index (χ0v) is 14.7. The monoisotopic (exact) mass is 351 g/mol. The minimum atomic E-state index is -3.71. The van der Waals surface area contributed by atoms with Crippen molar-refractivity contribution < 1.29 is 18.3 Å². The molecule has 8 heteroatoms. The summed E-state index contributed by atoms with van der Waals surface area (Å²) in [6, 6.07) is 5.11. The molecule has 3 rings (SSSR count). The van der Waals surface area contributed by atoms with E-state index in [9.17, 15) is 18.3 Å². The molecule has 1 aromatic heterocycles. The zero-order chi connectivity index (χ0) is 17.6. The van der Waals surface area contributed by atoms with Crippen molar-refractivity contribution in [2.45, 2.75) is 31.7 Å². The number of aromatic nitrogens is 2. The fraction of sp³-hybridized carbons (Fsp3) is 0.500. The van der Waals surface area contributed by atoms with E-state index in [0.717, 1.165) is 10.9 Å². The van der Waals surface area contributed by atoms with Crippen LogP contribution in [0.25, 0.3) is 10.9 Å². The molecule has 1 aromatic carbocycles. The third kappa shape index (κ3) is 2.69. The second-order valence-corrected chi connectivity index (χ2v) is 8.59. The molecular weight excluding hydrogens is 330 g/mol. The highest BCUT2D eigenvalue weighted by molar-refractivity contribution is 7.89. The lowest BCUT2D eigenvalue weighted by molar-refractivity contribution is -0.142. The van der Waals surface area contributed by atoms with Crippen molar-refractivity contribution in [3.05, 3.63) is 24.4 Å². The van der Waals surface area contributed by atoms with Crippen LogP contribution in [0.4, 0.5) is 0 Å². The van der Waals surface area contributed by atoms with Gasteiger partial charge in [-0.1, -0.05) is 6.92 Å². The average Bonchev–Trinajstić information content (AvgIpc) is 3.10. The Bertz CT molecular complexity index is 888. The molecule has 2 aromatic rings. The number of aliphatic carboxylic acids is 1. The average molecular weight is 351 g/mol. The zero-order valence-electron chi connectivity index (χ0n) is 13.9. The van der Waals surface area contributed by atoms with Crippen LogP contribution in [0.5, 0.6) is 0 Å². The summed E-state index contributed by atoms with van der Waals surface area (Å²) in [5.74, 6) is -1.81. The molecule has 0 bridgehead atoms. The van der Waals surface area contributed by atoms with Crippen molar-refractivity contribution in [2.75, 3.05) is 13.1 Å². The molecule has 0 saturated carbocycles. The topological polar surface area (TPSA) is 92.5 Å². The normalized spacial score (nSPS) is 22.5. The Labute approximate surface area is 140 Å². The molecule has 130 valence electrons. The highest BCUT2D eigenvalue weighted by atomic mass is 32.2. The number of benzene rings is 1. The van der Waals surface area contributed by atoms with Crippen molar-refractivity contribution in [3.8, 4) is 0 Å². The van der Waals surface area contributed by atoms with Gasteiger partial charge in [-0.2, -0.15) is 9.40 Å². The van der Waals surface area contributed by atoms with Crippen LogP contribution in [-0.2, 0) is 14.8 Å². The Morgan fingerprint density at radius 1 is 1.33 bits per heavy atom. The van der Waals surface area contributed by atoms with E-state index in [-0.39, 0.29) is 29.9 Å². The number of carbonyl (C=O) groups is 1. The summed E-state index contributed by atoms with van der Waals surface area (Å²) in [5, 5.41) is 14.3. The fourth-order valence-electron chi connectivity index (χ4n) is 3.19. The van der Waals surface area contributed by atoms with Crippen LogP contribution >= 0.6 is 0 Å². The number of sulfonamides is 1. The van der Waals surface area contributed by atoms with E-state index >= 15 is 0 Å². The number of hydrogen-bond donors (Lipinski definition) is 1. The Kier molecular flexibility index (Phi) is 4.13. The van der Waals surface area contributed by atoms with Crippen molar-refractivity contribution in [1.29, 1.82) is 0 Å². The number of nitrogens with zero attached hydrogens (tertiary/aromatic N) is 3. The lowest BCUT2D eigenvalue weighted by Crippen LogP contribution is -2.30. The highest BCUT2D eigenvalue weighted by Gasteiger charge is 2.40. The Morgan fingerprint density at radius 3 is 2.62 bits per heavy atom. The smallest absolute Gasteiger partial charge is 0.308 e. The van der Waals surface area contributed by atoms with E-state index < -0.39 is 21.9 Å². The Morgan fingerprint density at radius 2 is 2.04 bits per heavy atom. The summed E-state index contributed by atoms with van der Waals surface area (Å²) >= 11 is 0.